The molecule has 2 aliphatic rings. The highest BCUT2D eigenvalue weighted by Gasteiger charge is 2.33. The van der Waals surface area contributed by atoms with E-state index < -0.39 is 40.7 Å². The van der Waals surface area contributed by atoms with Crippen molar-refractivity contribution in [1.82, 2.24) is 19.9 Å². The first kappa shape index (κ1) is 47.7. The number of benzene rings is 5. The molecule has 0 saturated carbocycles. The van der Waals surface area contributed by atoms with Crippen LogP contribution in [0.3, 0.4) is 0 Å². The monoisotopic (exact) mass is 1010 g/mol. The number of para-hydroxylation sites is 1. The van der Waals surface area contributed by atoms with E-state index in [-0.39, 0.29) is 74.6 Å². The summed E-state index contributed by atoms with van der Waals surface area (Å²) in [6.07, 6.45) is -0.333. The fraction of sp³-hybridized carbons (Fsp3) is 0.196. The zero-order valence-electron chi connectivity index (χ0n) is 37.7. The molecule has 8 aromatic rings. The number of rotatable bonds is 11. The molecule has 2 atom stereocenters. The summed E-state index contributed by atoms with van der Waals surface area (Å²) in [5.74, 6) is -0.363. The normalized spacial score (nSPS) is 14.8. The fourth-order valence-electron chi connectivity index (χ4n) is 7.91. The highest BCUT2D eigenvalue weighted by Crippen LogP contribution is 2.51. The lowest BCUT2D eigenvalue weighted by Gasteiger charge is -2.24. The number of carboxylic acid groups (broad SMARTS) is 1. The lowest BCUT2D eigenvalue weighted by molar-refractivity contribution is -0.145. The van der Waals surface area contributed by atoms with Crippen molar-refractivity contribution in [3.8, 4) is 62.7 Å². The van der Waals surface area contributed by atoms with E-state index in [9.17, 15) is 22.7 Å². The van der Waals surface area contributed by atoms with E-state index in [4.69, 9.17) is 60.5 Å². The van der Waals surface area contributed by atoms with Gasteiger partial charge in [0.05, 0.1) is 33.3 Å². The van der Waals surface area contributed by atoms with Gasteiger partial charge in [-0.3, -0.25) is 4.18 Å². The van der Waals surface area contributed by atoms with Crippen LogP contribution >= 0.6 is 23.2 Å². The number of halogens is 3. The highest BCUT2D eigenvalue weighted by atomic mass is 35.5. The summed E-state index contributed by atoms with van der Waals surface area (Å²) in [6.45, 7) is 4.30. The molecule has 70 heavy (non-hydrogen) atoms. The minimum Gasteiger partial charge on any atom is -0.496 e. The van der Waals surface area contributed by atoms with Crippen LogP contribution in [-0.4, -0.2) is 72.0 Å². The molecule has 5 aromatic carbocycles. The molecule has 0 radical (unpaired) electrons. The molecule has 10 rings (SSSR count). The van der Waals surface area contributed by atoms with Gasteiger partial charge in [-0.05, 0) is 110 Å². The molecule has 5 heterocycles. The maximum atomic E-state index is 14.4. The first-order valence-corrected chi connectivity index (χ1v) is 23.7. The molecule has 0 amide bonds. The molecule has 0 fully saturated rings. The predicted molar refractivity (Wildman–Crippen MR) is 257 cm³/mol. The van der Waals surface area contributed by atoms with Gasteiger partial charge in [0.15, 0.2) is 17.7 Å². The van der Waals surface area contributed by atoms with Crippen LogP contribution < -0.4 is 23.7 Å². The Morgan fingerprint density at radius 3 is 2.34 bits per heavy atom. The van der Waals surface area contributed by atoms with E-state index >= 15 is 0 Å². The summed E-state index contributed by atoms with van der Waals surface area (Å²) >= 11 is 14.4. The molecule has 19 heteroatoms. The summed E-state index contributed by atoms with van der Waals surface area (Å²) < 4.78 is 84.3. The van der Waals surface area contributed by atoms with Gasteiger partial charge in [0.1, 0.15) is 60.4 Å². The second-order valence-electron chi connectivity index (χ2n) is 16.1. The van der Waals surface area contributed by atoms with E-state index in [2.05, 4.69) is 15.0 Å². The largest absolute Gasteiger partial charge is 0.496 e. The number of methoxy groups -OCH3 is 1. The first-order chi connectivity index (χ1) is 33.7. The van der Waals surface area contributed by atoms with Gasteiger partial charge in [-0.25, -0.2) is 29.1 Å². The Balaban J connectivity index is 1.17. The number of carbonyl (C=O) groups is 1. The Hall–Kier alpha value is -7.31. The van der Waals surface area contributed by atoms with Crippen LogP contribution in [0.15, 0.2) is 119 Å². The van der Waals surface area contributed by atoms with Crippen molar-refractivity contribution in [3.63, 3.8) is 0 Å². The van der Waals surface area contributed by atoms with Crippen LogP contribution in [0.2, 0.25) is 10.0 Å². The van der Waals surface area contributed by atoms with Crippen molar-refractivity contribution in [2.45, 2.75) is 50.9 Å². The topological polar surface area (TPSA) is 192 Å². The number of furan rings is 1. The van der Waals surface area contributed by atoms with Gasteiger partial charge in [0, 0.05) is 29.3 Å². The summed E-state index contributed by atoms with van der Waals surface area (Å²) in [7, 11) is -2.75. The lowest BCUT2D eigenvalue weighted by atomic mass is 9.91. The number of ether oxygens (including phenoxy) is 5. The van der Waals surface area contributed by atoms with Gasteiger partial charge < -0.3 is 33.2 Å². The zero-order chi connectivity index (χ0) is 49.3. The molecule has 3 aromatic heterocycles. The molecule has 15 nitrogen and oxygen atoms in total. The molecule has 1 N–H and O–H groups in total. The molecule has 358 valence electrons. The number of aliphatic carboxylic acids is 1. The van der Waals surface area contributed by atoms with Gasteiger partial charge in [0.2, 0.25) is 17.7 Å². The van der Waals surface area contributed by atoms with E-state index in [0.717, 1.165) is 5.56 Å². The number of fused-ring (bicyclic) bond motifs is 7. The van der Waals surface area contributed by atoms with Gasteiger partial charge in [0.25, 0.3) is 10.1 Å². The van der Waals surface area contributed by atoms with Crippen molar-refractivity contribution < 1.29 is 55.0 Å². The van der Waals surface area contributed by atoms with E-state index in [1.54, 1.807) is 69.6 Å². The van der Waals surface area contributed by atoms with Gasteiger partial charge in [-0.15, -0.1) is 0 Å². The van der Waals surface area contributed by atoms with Crippen LogP contribution in [0, 0.1) is 26.6 Å². The van der Waals surface area contributed by atoms with E-state index in [0.29, 0.717) is 56.2 Å². The number of nitrogens with zero attached hydrogens (tertiary/aromatic N) is 4. The molecule has 0 saturated heterocycles. The standard InChI is InChI=1S/C51H41Cl2FN4O11S/c1-27-9-16-36(17-10-27)70(61,62)66-25-35-24-64-34-15-18-38(65-23-33-19-20-55-48(58-33)37-7-5-6-8-39(37)63-4)31(21-34)22-40(51(59)60)68-49-43-42(41-28(2)44(52)47(67-35)45(53)29(41)3)46(69-50(43)57-26-56-49)30-11-13-32(54)14-12-30/h5-21,26,35,40H,22-25H2,1-4H3,(H,59,60)/t35-,40+/m0/s1. The Labute approximate surface area is 410 Å². The smallest absolute Gasteiger partial charge is 0.345 e. The summed E-state index contributed by atoms with van der Waals surface area (Å²) in [5, 5.41) is 11.1. The molecule has 0 spiro atoms. The van der Waals surface area contributed by atoms with Crippen molar-refractivity contribution in [1.29, 1.82) is 0 Å². The third-order valence-corrected chi connectivity index (χ3v) is 13.7. The minimum absolute atomic E-state index is 0.00541. The maximum Gasteiger partial charge on any atom is 0.345 e. The Bertz CT molecular complexity index is 3370. The van der Waals surface area contributed by atoms with Crippen LogP contribution in [-0.2, 0) is 32.1 Å². The average Bonchev–Trinajstić information content (AvgIpc) is 3.74. The summed E-state index contributed by atoms with van der Waals surface area (Å²) in [4.78, 5) is 31.2. The second-order valence-corrected chi connectivity index (χ2v) is 18.5. The minimum atomic E-state index is -4.30. The van der Waals surface area contributed by atoms with Gasteiger partial charge in [-0.2, -0.15) is 8.42 Å². The van der Waals surface area contributed by atoms with Crippen molar-refractivity contribution in [2.75, 3.05) is 20.3 Å². The zero-order valence-corrected chi connectivity index (χ0v) is 40.1. The molecular weight excluding hydrogens is 967 g/mol. The van der Waals surface area contributed by atoms with Gasteiger partial charge >= 0.3 is 5.97 Å². The molecule has 4 bridgehead atoms. The van der Waals surface area contributed by atoms with Crippen LogP contribution in [0.5, 0.6) is 28.9 Å². The number of hydrogen-bond donors (Lipinski definition) is 1. The fourth-order valence-corrected chi connectivity index (χ4v) is 9.36. The number of carboxylic acids is 1. The lowest BCUT2D eigenvalue weighted by Crippen LogP contribution is -2.32. The molecule has 0 unspecified atom stereocenters. The second kappa shape index (κ2) is 20.0. The van der Waals surface area contributed by atoms with Crippen LogP contribution in [0.25, 0.3) is 44.9 Å². The first-order valence-electron chi connectivity index (χ1n) is 21.6. The summed E-state index contributed by atoms with van der Waals surface area (Å²) in [6, 6.07) is 25.5. The quantitative estimate of drug-likeness (QED) is 0.120. The maximum absolute atomic E-state index is 14.4. The van der Waals surface area contributed by atoms with Crippen LogP contribution in [0.4, 0.5) is 4.39 Å². The van der Waals surface area contributed by atoms with Crippen molar-refractivity contribution in [3.05, 3.63) is 153 Å². The number of hydrogen-bond acceptors (Lipinski definition) is 14. The summed E-state index contributed by atoms with van der Waals surface area (Å²) in [5.41, 5.74) is 4.35. The molecule has 0 aliphatic carbocycles. The predicted octanol–water partition coefficient (Wildman–Crippen LogP) is 10.6. The molecular formula is C51H41Cl2FN4O11S. The molecule has 2 aliphatic heterocycles. The highest BCUT2D eigenvalue weighted by molar-refractivity contribution is 7.86. The SMILES string of the molecule is COc1ccccc1-c1nccc(COc2ccc3cc2C[C@H](C(=O)O)Oc2ncnc4oc(-c5ccc(F)cc5)c(c24)-c2c(C)c(Cl)c(c(Cl)c2C)O[C@H](COS(=O)(=O)c2ccc(C)cc2)CO3)n1. The Morgan fingerprint density at radius 2 is 1.61 bits per heavy atom. The van der Waals surface area contributed by atoms with E-state index in [1.807, 2.05) is 25.1 Å². The third-order valence-electron chi connectivity index (χ3n) is 11.5. The third kappa shape index (κ3) is 9.78. The Morgan fingerprint density at radius 1 is 0.871 bits per heavy atom. The van der Waals surface area contributed by atoms with E-state index in [1.165, 1.54) is 42.7 Å². The number of aromatic nitrogens is 4. The Kier molecular flexibility index (Phi) is 13.6. The number of aryl methyl sites for hydroxylation is 1. The average molecular weight is 1010 g/mol. The van der Waals surface area contributed by atoms with Crippen molar-refractivity contribution in [2.24, 2.45) is 0 Å². The van der Waals surface area contributed by atoms with Gasteiger partial charge in [-0.1, -0.05) is 53.0 Å². The van der Waals surface area contributed by atoms with Crippen molar-refractivity contribution >= 4 is 50.4 Å². The van der Waals surface area contributed by atoms with Crippen LogP contribution in [0.1, 0.15) is 27.9 Å².